The summed E-state index contributed by atoms with van der Waals surface area (Å²) in [5.41, 5.74) is 3.83. The summed E-state index contributed by atoms with van der Waals surface area (Å²) >= 11 is 8.12. The Hall–Kier alpha value is -1.000. The van der Waals surface area contributed by atoms with E-state index in [-0.39, 0.29) is 5.82 Å². The lowest BCUT2D eigenvalue weighted by atomic mass is 10.2. The molecule has 2 aromatic rings. The maximum Gasteiger partial charge on any atom is 0.137 e. The first-order valence-corrected chi connectivity index (χ1v) is 6.80. The van der Waals surface area contributed by atoms with E-state index in [0.29, 0.717) is 5.15 Å². The normalized spacial score (nSPS) is 14.1. The molecule has 0 spiro atoms. The van der Waals surface area contributed by atoms with Gasteiger partial charge in [-0.15, -0.1) is 0 Å². The zero-order valence-electron chi connectivity index (χ0n) is 9.20. The summed E-state index contributed by atoms with van der Waals surface area (Å²) in [6, 6.07) is 4.64. The summed E-state index contributed by atoms with van der Waals surface area (Å²) in [6.07, 6.45) is 0. The lowest BCUT2D eigenvalue weighted by molar-refractivity contribution is 0.625. The smallest absolute Gasteiger partial charge is 0.137 e. The molecule has 0 bridgehead atoms. The molecule has 2 heterocycles. The number of rotatable bonds is 1. The first-order chi connectivity index (χ1) is 8.16. The molecule has 0 aliphatic carbocycles. The van der Waals surface area contributed by atoms with Gasteiger partial charge in [0.1, 0.15) is 11.0 Å². The quantitative estimate of drug-likeness (QED) is 0.784. The zero-order chi connectivity index (χ0) is 12.0. The van der Waals surface area contributed by atoms with Crippen molar-refractivity contribution in [3.63, 3.8) is 0 Å². The molecule has 5 heteroatoms. The molecule has 0 unspecified atom stereocenters. The van der Waals surface area contributed by atoms with E-state index in [1.807, 2.05) is 18.7 Å². The fraction of sp³-hybridized carbons (Fsp3) is 0.250. The summed E-state index contributed by atoms with van der Waals surface area (Å²) in [4.78, 5) is 0. The Kier molecular flexibility index (Phi) is 2.64. The lowest BCUT2D eigenvalue weighted by Gasteiger charge is -2.07. The topological polar surface area (TPSA) is 17.8 Å². The monoisotopic (exact) mass is 268 g/mol. The molecule has 17 heavy (non-hydrogen) atoms. The van der Waals surface area contributed by atoms with Crippen LogP contribution in [-0.4, -0.2) is 9.78 Å². The van der Waals surface area contributed by atoms with Gasteiger partial charge < -0.3 is 0 Å². The van der Waals surface area contributed by atoms with Gasteiger partial charge in [0.2, 0.25) is 0 Å². The van der Waals surface area contributed by atoms with Crippen LogP contribution in [-0.2, 0) is 11.5 Å². The molecular weight excluding hydrogens is 259 g/mol. The van der Waals surface area contributed by atoms with Gasteiger partial charge in [0.25, 0.3) is 0 Å². The summed E-state index contributed by atoms with van der Waals surface area (Å²) < 4.78 is 14.8. The Morgan fingerprint density at radius 2 is 2.24 bits per heavy atom. The predicted octanol–water partition coefficient (Wildman–Crippen LogP) is 3.72. The van der Waals surface area contributed by atoms with Crippen LogP contribution in [0.25, 0.3) is 5.69 Å². The summed E-state index contributed by atoms with van der Waals surface area (Å²) in [6.45, 7) is 1.86. The number of nitrogens with zero attached hydrogens (tertiary/aromatic N) is 2. The molecule has 0 amide bonds. The molecule has 0 fully saturated rings. The third-order valence-corrected chi connectivity index (χ3v) is 4.23. The molecule has 1 aliphatic rings. The average Bonchev–Trinajstić information content (AvgIpc) is 2.83. The van der Waals surface area contributed by atoms with Crippen LogP contribution in [0.1, 0.15) is 16.8 Å². The minimum absolute atomic E-state index is 0.238. The van der Waals surface area contributed by atoms with Gasteiger partial charge in [0.05, 0.1) is 11.4 Å². The number of aryl methyl sites for hydroxylation is 1. The van der Waals surface area contributed by atoms with Crippen molar-refractivity contribution < 1.29 is 4.39 Å². The molecular formula is C12H10ClFN2S. The Balaban J connectivity index is 2.16. The zero-order valence-corrected chi connectivity index (χ0v) is 10.8. The Morgan fingerprint density at radius 1 is 1.41 bits per heavy atom. The Morgan fingerprint density at radius 3 is 2.94 bits per heavy atom. The van der Waals surface area contributed by atoms with Gasteiger partial charge in [0.15, 0.2) is 0 Å². The second-order valence-electron chi connectivity index (χ2n) is 4.05. The third kappa shape index (κ3) is 1.76. The van der Waals surface area contributed by atoms with Crippen molar-refractivity contribution in [1.82, 2.24) is 9.78 Å². The minimum Gasteiger partial charge on any atom is -0.221 e. The lowest BCUT2D eigenvalue weighted by Crippen LogP contribution is -2.00. The molecule has 2 nitrogen and oxygen atoms in total. The second kappa shape index (κ2) is 4.03. The maximum atomic E-state index is 13.1. The molecule has 1 aromatic carbocycles. The van der Waals surface area contributed by atoms with Crippen LogP contribution in [0, 0.1) is 12.7 Å². The van der Waals surface area contributed by atoms with Crippen LogP contribution in [0.3, 0.4) is 0 Å². The molecule has 0 saturated heterocycles. The predicted molar refractivity (Wildman–Crippen MR) is 68.3 cm³/mol. The summed E-state index contributed by atoms with van der Waals surface area (Å²) in [5.74, 6) is 1.58. The first-order valence-electron chi connectivity index (χ1n) is 5.27. The number of fused-ring (bicyclic) bond motifs is 1. The van der Waals surface area contributed by atoms with Crippen molar-refractivity contribution in [1.29, 1.82) is 0 Å². The van der Waals surface area contributed by atoms with Crippen molar-refractivity contribution in [2.24, 2.45) is 0 Å². The number of halogens is 2. The van der Waals surface area contributed by atoms with Gasteiger partial charge in [0, 0.05) is 17.1 Å². The number of hydrogen-bond donors (Lipinski definition) is 0. The third-order valence-electron chi connectivity index (χ3n) is 2.88. The number of hydrogen-bond acceptors (Lipinski definition) is 2. The molecule has 0 atom stereocenters. The van der Waals surface area contributed by atoms with Crippen LogP contribution in [0.5, 0.6) is 0 Å². The van der Waals surface area contributed by atoms with Crippen LogP contribution >= 0.6 is 23.4 Å². The van der Waals surface area contributed by atoms with Gasteiger partial charge in [-0.25, -0.2) is 9.07 Å². The standard InChI is InChI=1S/C12H10ClFN2S/c1-7-4-8(14)2-3-11(7)16-12(13)9-5-17-6-10(9)15-16/h2-4H,5-6H2,1H3. The van der Waals surface area contributed by atoms with E-state index in [4.69, 9.17) is 11.6 Å². The molecule has 3 rings (SSSR count). The number of thioether (sulfide) groups is 1. The molecule has 0 N–H and O–H groups in total. The van der Waals surface area contributed by atoms with Crippen molar-refractivity contribution in [2.75, 3.05) is 0 Å². The van der Waals surface area contributed by atoms with Crippen molar-refractivity contribution in [3.8, 4) is 5.69 Å². The van der Waals surface area contributed by atoms with E-state index >= 15 is 0 Å². The van der Waals surface area contributed by atoms with Gasteiger partial charge in [-0.2, -0.15) is 16.9 Å². The van der Waals surface area contributed by atoms with Crippen molar-refractivity contribution in [2.45, 2.75) is 18.4 Å². The van der Waals surface area contributed by atoms with Gasteiger partial charge >= 0.3 is 0 Å². The highest BCUT2D eigenvalue weighted by molar-refractivity contribution is 7.98. The van der Waals surface area contributed by atoms with Crippen molar-refractivity contribution >= 4 is 23.4 Å². The Labute approximate surface area is 108 Å². The highest BCUT2D eigenvalue weighted by Crippen LogP contribution is 2.35. The van der Waals surface area contributed by atoms with E-state index < -0.39 is 0 Å². The molecule has 1 aromatic heterocycles. The first kappa shape index (κ1) is 11.1. The highest BCUT2D eigenvalue weighted by atomic mass is 35.5. The van der Waals surface area contributed by atoms with E-state index in [1.54, 1.807) is 10.7 Å². The van der Waals surface area contributed by atoms with Crippen LogP contribution in [0.4, 0.5) is 4.39 Å². The van der Waals surface area contributed by atoms with E-state index in [1.165, 1.54) is 12.1 Å². The number of benzene rings is 1. The van der Waals surface area contributed by atoms with Gasteiger partial charge in [-0.1, -0.05) is 11.6 Å². The van der Waals surface area contributed by atoms with Crippen LogP contribution < -0.4 is 0 Å². The Bertz CT molecular complexity index is 594. The van der Waals surface area contributed by atoms with Crippen LogP contribution in [0.2, 0.25) is 5.15 Å². The largest absolute Gasteiger partial charge is 0.221 e. The number of aromatic nitrogens is 2. The maximum absolute atomic E-state index is 13.1. The molecule has 0 radical (unpaired) electrons. The molecule has 0 saturated carbocycles. The second-order valence-corrected chi connectivity index (χ2v) is 5.40. The molecule has 1 aliphatic heterocycles. The van der Waals surface area contributed by atoms with Gasteiger partial charge in [-0.3, -0.25) is 0 Å². The fourth-order valence-electron chi connectivity index (χ4n) is 2.00. The van der Waals surface area contributed by atoms with Crippen LogP contribution in [0.15, 0.2) is 18.2 Å². The minimum atomic E-state index is -0.238. The van der Waals surface area contributed by atoms with Crippen molar-refractivity contribution in [3.05, 3.63) is 46.0 Å². The summed E-state index contributed by atoms with van der Waals surface area (Å²) in [5, 5.41) is 5.15. The SMILES string of the molecule is Cc1cc(F)ccc1-n1nc2c(c1Cl)CSC2. The highest BCUT2D eigenvalue weighted by Gasteiger charge is 2.22. The average molecular weight is 269 g/mol. The van der Waals surface area contributed by atoms with E-state index in [9.17, 15) is 4.39 Å². The van der Waals surface area contributed by atoms with Gasteiger partial charge in [-0.05, 0) is 30.7 Å². The fourth-order valence-corrected chi connectivity index (χ4v) is 3.42. The molecule has 88 valence electrons. The van der Waals surface area contributed by atoms with E-state index in [2.05, 4.69) is 5.10 Å². The van der Waals surface area contributed by atoms with E-state index in [0.717, 1.165) is 34.0 Å². The summed E-state index contributed by atoms with van der Waals surface area (Å²) in [7, 11) is 0.